The lowest BCUT2D eigenvalue weighted by Crippen LogP contribution is -2.35. The average molecular weight is 358 g/mol. The van der Waals surface area contributed by atoms with E-state index in [1.807, 2.05) is 6.07 Å². The fourth-order valence-corrected chi connectivity index (χ4v) is 4.68. The molecule has 1 saturated carbocycles. The van der Waals surface area contributed by atoms with E-state index in [4.69, 9.17) is 27.9 Å². The summed E-state index contributed by atoms with van der Waals surface area (Å²) in [6, 6.07) is 3.87. The van der Waals surface area contributed by atoms with E-state index in [0.29, 0.717) is 20.7 Å². The van der Waals surface area contributed by atoms with Gasteiger partial charge in [0, 0.05) is 11.4 Å². The van der Waals surface area contributed by atoms with Gasteiger partial charge in [0.15, 0.2) is 0 Å². The Labute approximate surface area is 143 Å². The molecule has 1 aliphatic carbocycles. The number of nitrogens with one attached hydrogen (secondary N) is 1. The fraction of sp³-hybridized carbons (Fsp3) is 0.438. The van der Waals surface area contributed by atoms with Gasteiger partial charge in [-0.2, -0.15) is 0 Å². The third kappa shape index (κ3) is 2.92. The zero-order valence-corrected chi connectivity index (χ0v) is 14.6. The van der Waals surface area contributed by atoms with Crippen molar-refractivity contribution in [2.45, 2.75) is 38.1 Å². The summed E-state index contributed by atoms with van der Waals surface area (Å²) < 4.78 is 6.01. The molecule has 0 spiro atoms. The molecule has 0 saturated heterocycles. The number of fused-ring (bicyclic) bond motifs is 1. The van der Waals surface area contributed by atoms with Crippen LogP contribution < -0.4 is 10.1 Å². The first-order chi connectivity index (χ1) is 10.6. The Balaban J connectivity index is 1.91. The fourth-order valence-electron chi connectivity index (χ4n) is 2.88. The van der Waals surface area contributed by atoms with Gasteiger partial charge < -0.3 is 10.1 Å². The van der Waals surface area contributed by atoms with E-state index in [-0.39, 0.29) is 11.9 Å². The third-order valence-corrected chi connectivity index (χ3v) is 6.28. The molecule has 0 bridgehead atoms. The highest BCUT2D eigenvalue weighted by atomic mass is 35.5. The number of ether oxygens (including phenoxy) is 1. The Bertz CT molecular complexity index is 708. The number of carbonyl (C=O) groups is 1. The van der Waals surface area contributed by atoms with Crippen molar-refractivity contribution in [1.82, 2.24) is 5.32 Å². The van der Waals surface area contributed by atoms with E-state index in [2.05, 4.69) is 5.32 Å². The van der Waals surface area contributed by atoms with Gasteiger partial charge >= 0.3 is 0 Å². The number of hydrogen-bond acceptors (Lipinski definition) is 3. The smallest absolute Gasteiger partial charge is 0.263 e. The Morgan fingerprint density at radius 1 is 1.23 bits per heavy atom. The lowest BCUT2D eigenvalue weighted by Gasteiger charge is -2.22. The number of halogens is 2. The van der Waals surface area contributed by atoms with Crippen LogP contribution in [0.15, 0.2) is 12.1 Å². The van der Waals surface area contributed by atoms with Gasteiger partial charge in [0.2, 0.25) is 0 Å². The minimum absolute atomic E-state index is 0.104. The summed E-state index contributed by atoms with van der Waals surface area (Å²) in [6.45, 7) is 0. The van der Waals surface area contributed by atoms with Crippen LogP contribution in [-0.4, -0.2) is 19.1 Å². The van der Waals surface area contributed by atoms with Crippen LogP contribution in [0.5, 0.6) is 5.75 Å². The molecule has 2 aromatic rings. The molecule has 0 unspecified atom stereocenters. The highest BCUT2D eigenvalue weighted by molar-refractivity contribution is 7.22. The largest absolute Gasteiger partial charge is 0.495 e. The van der Waals surface area contributed by atoms with Crippen molar-refractivity contribution in [2.75, 3.05) is 7.11 Å². The molecule has 6 heteroatoms. The van der Waals surface area contributed by atoms with E-state index in [9.17, 15) is 4.79 Å². The van der Waals surface area contributed by atoms with Crippen LogP contribution in [0, 0.1) is 0 Å². The van der Waals surface area contributed by atoms with Crippen molar-refractivity contribution in [3.05, 3.63) is 27.1 Å². The molecule has 0 atom stereocenters. The second-order valence-corrected chi connectivity index (χ2v) is 7.29. The molecule has 3 rings (SSSR count). The number of carbonyl (C=O) groups excluding carboxylic acids is 1. The Morgan fingerprint density at radius 2 is 1.95 bits per heavy atom. The van der Waals surface area contributed by atoms with Crippen molar-refractivity contribution >= 4 is 50.5 Å². The maximum atomic E-state index is 12.5. The maximum Gasteiger partial charge on any atom is 0.263 e. The Hall–Kier alpha value is -0.970. The average Bonchev–Trinajstić information content (AvgIpc) is 2.87. The van der Waals surface area contributed by atoms with Crippen molar-refractivity contribution < 1.29 is 9.53 Å². The van der Waals surface area contributed by atoms with E-state index < -0.39 is 0 Å². The molecule has 1 amide bonds. The number of hydrogen-bond donors (Lipinski definition) is 1. The molecule has 3 nitrogen and oxygen atoms in total. The van der Waals surface area contributed by atoms with E-state index in [1.54, 1.807) is 13.2 Å². The lowest BCUT2D eigenvalue weighted by molar-refractivity contribution is 0.0932. The molecule has 1 N–H and O–H groups in total. The summed E-state index contributed by atoms with van der Waals surface area (Å²) in [4.78, 5) is 13.0. The molecular formula is C16H17Cl2NO2S. The van der Waals surface area contributed by atoms with Crippen molar-refractivity contribution in [3.8, 4) is 5.75 Å². The minimum Gasteiger partial charge on any atom is -0.495 e. The standard InChI is InChI=1S/C16H17Cl2NO2S/c1-21-11-8-7-10-12(17)15(22-14(10)13(11)18)16(20)19-9-5-3-2-4-6-9/h7-9H,2-6H2,1H3,(H,19,20). The van der Waals surface area contributed by atoms with E-state index in [0.717, 1.165) is 22.9 Å². The first-order valence-electron chi connectivity index (χ1n) is 7.37. The quantitative estimate of drug-likeness (QED) is 0.811. The van der Waals surface area contributed by atoms with Gasteiger partial charge in [0.25, 0.3) is 5.91 Å². The van der Waals surface area contributed by atoms with Gasteiger partial charge in [-0.1, -0.05) is 42.5 Å². The SMILES string of the molecule is COc1ccc2c(Cl)c(C(=O)NC3CCCCC3)sc2c1Cl. The summed E-state index contributed by atoms with van der Waals surface area (Å²) >= 11 is 14.0. The van der Waals surface area contributed by atoms with Gasteiger partial charge in [-0.25, -0.2) is 0 Å². The summed E-state index contributed by atoms with van der Waals surface area (Å²) in [5.74, 6) is 0.486. The summed E-state index contributed by atoms with van der Waals surface area (Å²) in [5.41, 5.74) is 0. The van der Waals surface area contributed by atoms with Crippen LogP contribution in [-0.2, 0) is 0 Å². The summed E-state index contributed by atoms with van der Waals surface area (Å²) in [5, 5.41) is 4.87. The van der Waals surface area contributed by atoms with Crippen molar-refractivity contribution in [1.29, 1.82) is 0 Å². The van der Waals surface area contributed by atoms with E-state index in [1.165, 1.54) is 30.6 Å². The maximum absolute atomic E-state index is 12.5. The molecular weight excluding hydrogens is 341 g/mol. The van der Waals surface area contributed by atoms with Crippen LogP contribution in [0.3, 0.4) is 0 Å². The van der Waals surface area contributed by atoms with Crippen molar-refractivity contribution in [2.24, 2.45) is 0 Å². The van der Waals surface area contributed by atoms with E-state index >= 15 is 0 Å². The third-order valence-electron chi connectivity index (χ3n) is 4.07. The molecule has 1 heterocycles. The predicted octanol–water partition coefficient (Wildman–Crippen LogP) is 5.28. The number of benzene rings is 1. The van der Waals surface area contributed by atoms with Gasteiger partial charge in [0.1, 0.15) is 15.6 Å². The molecule has 1 aromatic carbocycles. The molecule has 22 heavy (non-hydrogen) atoms. The second kappa shape index (κ2) is 6.65. The highest BCUT2D eigenvalue weighted by Gasteiger charge is 2.23. The first kappa shape index (κ1) is 15.9. The molecule has 0 aliphatic heterocycles. The highest BCUT2D eigenvalue weighted by Crippen LogP contribution is 2.43. The van der Waals surface area contributed by atoms with Crippen molar-refractivity contribution in [3.63, 3.8) is 0 Å². The molecule has 1 fully saturated rings. The van der Waals surface area contributed by atoms with Crippen LogP contribution in [0.2, 0.25) is 10.0 Å². The molecule has 1 aliphatic rings. The second-order valence-electron chi connectivity index (χ2n) is 5.51. The summed E-state index contributed by atoms with van der Waals surface area (Å²) in [6.07, 6.45) is 5.69. The van der Waals surface area contributed by atoms with Crippen LogP contribution in [0.25, 0.3) is 10.1 Å². The zero-order chi connectivity index (χ0) is 15.7. The monoisotopic (exact) mass is 357 g/mol. The van der Waals surface area contributed by atoms with Crippen LogP contribution >= 0.6 is 34.5 Å². The Morgan fingerprint density at radius 3 is 2.64 bits per heavy atom. The van der Waals surface area contributed by atoms with Gasteiger partial charge in [-0.3, -0.25) is 4.79 Å². The van der Waals surface area contributed by atoms with Crippen LogP contribution in [0.4, 0.5) is 0 Å². The number of rotatable bonds is 3. The van der Waals surface area contributed by atoms with Crippen LogP contribution in [0.1, 0.15) is 41.8 Å². The van der Waals surface area contributed by atoms with Gasteiger partial charge in [-0.15, -0.1) is 11.3 Å². The summed E-state index contributed by atoms with van der Waals surface area (Å²) in [7, 11) is 1.57. The van der Waals surface area contributed by atoms with Gasteiger partial charge in [0.05, 0.1) is 16.8 Å². The zero-order valence-electron chi connectivity index (χ0n) is 12.2. The lowest BCUT2D eigenvalue weighted by atomic mass is 9.95. The van der Waals surface area contributed by atoms with Gasteiger partial charge in [-0.05, 0) is 25.0 Å². The topological polar surface area (TPSA) is 38.3 Å². The molecule has 1 aromatic heterocycles. The first-order valence-corrected chi connectivity index (χ1v) is 8.94. The molecule has 118 valence electrons. The number of amides is 1. The molecule has 0 radical (unpaired) electrons. The minimum atomic E-state index is -0.104. The number of thiophene rings is 1. The normalized spacial score (nSPS) is 16.0. The Kier molecular flexibility index (Phi) is 4.81. The number of methoxy groups -OCH3 is 1. The predicted molar refractivity (Wildman–Crippen MR) is 92.7 cm³/mol.